The SMILES string of the molecule is Cl.O=C(c1ccc(Oc2ccccc2)o1)N(Cc1ccccn1)C1CCCNCC1. The average molecular weight is 428 g/mol. The van der Waals surface area contributed by atoms with Crippen molar-refractivity contribution in [3.8, 4) is 11.7 Å². The van der Waals surface area contributed by atoms with Gasteiger partial charge < -0.3 is 19.4 Å². The van der Waals surface area contributed by atoms with Crippen LogP contribution in [0.25, 0.3) is 0 Å². The van der Waals surface area contributed by atoms with E-state index in [-0.39, 0.29) is 30.1 Å². The van der Waals surface area contributed by atoms with E-state index in [4.69, 9.17) is 9.15 Å². The molecule has 7 heteroatoms. The van der Waals surface area contributed by atoms with Gasteiger partial charge in [-0.3, -0.25) is 9.78 Å². The number of rotatable bonds is 6. The van der Waals surface area contributed by atoms with Crippen molar-refractivity contribution in [2.24, 2.45) is 0 Å². The first kappa shape index (κ1) is 21.9. The molecular weight excluding hydrogens is 402 g/mol. The van der Waals surface area contributed by atoms with Crippen LogP contribution in [-0.2, 0) is 6.54 Å². The van der Waals surface area contributed by atoms with Crippen molar-refractivity contribution in [3.63, 3.8) is 0 Å². The number of pyridine rings is 1. The molecule has 1 amide bonds. The minimum atomic E-state index is -0.134. The van der Waals surface area contributed by atoms with Gasteiger partial charge in [-0.05, 0) is 62.7 Å². The van der Waals surface area contributed by atoms with E-state index in [1.165, 1.54) is 0 Å². The monoisotopic (exact) mass is 427 g/mol. The minimum Gasteiger partial charge on any atom is -0.426 e. The highest BCUT2D eigenvalue weighted by Gasteiger charge is 2.28. The smallest absolute Gasteiger partial charge is 0.290 e. The van der Waals surface area contributed by atoms with Gasteiger partial charge in [-0.25, -0.2) is 0 Å². The van der Waals surface area contributed by atoms with Gasteiger partial charge in [0.2, 0.25) is 0 Å². The van der Waals surface area contributed by atoms with Crippen LogP contribution in [0.5, 0.6) is 11.7 Å². The fourth-order valence-corrected chi connectivity index (χ4v) is 3.58. The number of nitrogens with one attached hydrogen (secondary N) is 1. The molecule has 1 aliphatic heterocycles. The van der Waals surface area contributed by atoms with Crippen molar-refractivity contribution in [2.75, 3.05) is 13.1 Å². The van der Waals surface area contributed by atoms with Gasteiger partial charge in [-0.2, -0.15) is 0 Å². The Bertz CT molecular complexity index is 910. The average Bonchev–Trinajstić information content (AvgIpc) is 3.05. The second-order valence-electron chi connectivity index (χ2n) is 7.12. The molecule has 1 unspecified atom stereocenters. The lowest BCUT2D eigenvalue weighted by Gasteiger charge is -2.30. The number of amides is 1. The Morgan fingerprint density at radius 2 is 1.90 bits per heavy atom. The summed E-state index contributed by atoms with van der Waals surface area (Å²) in [7, 11) is 0. The number of carbonyl (C=O) groups excluding carboxylic acids is 1. The van der Waals surface area contributed by atoms with E-state index >= 15 is 0 Å². The van der Waals surface area contributed by atoms with Gasteiger partial charge in [-0.1, -0.05) is 24.3 Å². The molecule has 2 aromatic heterocycles. The summed E-state index contributed by atoms with van der Waals surface area (Å²) in [6.07, 6.45) is 4.66. The highest BCUT2D eigenvalue weighted by molar-refractivity contribution is 5.91. The quantitative estimate of drug-likeness (QED) is 0.619. The second-order valence-corrected chi connectivity index (χ2v) is 7.12. The summed E-state index contributed by atoms with van der Waals surface area (Å²) in [5, 5.41) is 3.41. The number of halogens is 1. The van der Waals surface area contributed by atoms with Gasteiger partial charge in [0.25, 0.3) is 11.9 Å². The zero-order valence-corrected chi connectivity index (χ0v) is 17.5. The van der Waals surface area contributed by atoms with Crippen LogP contribution >= 0.6 is 12.4 Å². The summed E-state index contributed by atoms with van der Waals surface area (Å²) in [5.74, 6) is 1.12. The standard InChI is InChI=1S/C23H25N3O3.ClH/c27-23(21-11-12-22(29-21)28-20-9-2-1-3-10-20)26(17-18-7-4-5-15-25-18)19-8-6-14-24-16-13-19;/h1-5,7,9-12,15,19,24H,6,8,13-14,16-17H2;1H. The number of nitrogens with zero attached hydrogens (tertiary/aromatic N) is 2. The lowest BCUT2D eigenvalue weighted by molar-refractivity contribution is 0.0604. The number of ether oxygens (including phenoxy) is 1. The van der Waals surface area contributed by atoms with Crippen LogP contribution in [-0.4, -0.2) is 34.9 Å². The fraction of sp³-hybridized carbons (Fsp3) is 0.304. The van der Waals surface area contributed by atoms with E-state index in [0.29, 0.717) is 18.2 Å². The number of carbonyl (C=O) groups is 1. The largest absolute Gasteiger partial charge is 0.426 e. The molecule has 1 atom stereocenters. The Hall–Kier alpha value is -2.83. The summed E-state index contributed by atoms with van der Waals surface area (Å²) in [6.45, 7) is 2.34. The van der Waals surface area contributed by atoms with E-state index in [1.54, 1.807) is 18.3 Å². The summed E-state index contributed by atoms with van der Waals surface area (Å²) >= 11 is 0. The maximum Gasteiger partial charge on any atom is 0.290 e. The third-order valence-electron chi connectivity index (χ3n) is 5.06. The summed E-state index contributed by atoms with van der Waals surface area (Å²) in [5.41, 5.74) is 0.866. The van der Waals surface area contributed by atoms with E-state index < -0.39 is 0 Å². The maximum absolute atomic E-state index is 13.4. The van der Waals surface area contributed by atoms with Crippen LogP contribution in [0.4, 0.5) is 0 Å². The van der Waals surface area contributed by atoms with Crippen LogP contribution in [0, 0.1) is 0 Å². The number of para-hydroxylation sites is 1. The predicted molar refractivity (Wildman–Crippen MR) is 117 cm³/mol. The van der Waals surface area contributed by atoms with Crippen LogP contribution in [0.2, 0.25) is 0 Å². The fourth-order valence-electron chi connectivity index (χ4n) is 3.58. The molecule has 0 radical (unpaired) electrons. The van der Waals surface area contributed by atoms with Gasteiger partial charge >= 0.3 is 0 Å². The molecule has 1 aliphatic rings. The molecule has 0 aliphatic carbocycles. The number of furan rings is 1. The molecule has 4 rings (SSSR count). The lowest BCUT2D eigenvalue weighted by atomic mass is 10.1. The normalized spacial score (nSPS) is 16.2. The van der Waals surface area contributed by atoms with E-state index in [9.17, 15) is 4.79 Å². The second kappa shape index (κ2) is 10.8. The molecule has 30 heavy (non-hydrogen) atoms. The van der Waals surface area contributed by atoms with Gasteiger partial charge in [-0.15, -0.1) is 12.4 Å². The van der Waals surface area contributed by atoms with Gasteiger partial charge in [0.15, 0.2) is 5.76 Å². The maximum atomic E-state index is 13.4. The minimum absolute atomic E-state index is 0. The molecule has 1 N–H and O–H groups in total. The molecule has 0 bridgehead atoms. The molecule has 3 heterocycles. The number of aromatic nitrogens is 1. The Morgan fingerprint density at radius 3 is 2.70 bits per heavy atom. The van der Waals surface area contributed by atoms with Gasteiger partial charge in [0, 0.05) is 18.3 Å². The first-order valence-corrected chi connectivity index (χ1v) is 10.0. The van der Waals surface area contributed by atoms with Crippen molar-refractivity contribution < 1.29 is 13.9 Å². The number of benzene rings is 1. The van der Waals surface area contributed by atoms with Crippen LogP contribution < -0.4 is 10.1 Å². The molecule has 1 fully saturated rings. The summed E-state index contributed by atoms with van der Waals surface area (Å²) < 4.78 is 11.5. The van der Waals surface area contributed by atoms with Gasteiger partial charge in [0.1, 0.15) is 5.75 Å². The molecule has 1 saturated heterocycles. The van der Waals surface area contributed by atoms with Crippen LogP contribution in [0.1, 0.15) is 35.5 Å². The third kappa shape index (κ3) is 5.62. The topological polar surface area (TPSA) is 67.6 Å². The molecule has 3 aromatic rings. The lowest BCUT2D eigenvalue weighted by Crippen LogP contribution is -2.40. The number of hydrogen-bond acceptors (Lipinski definition) is 5. The van der Waals surface area contributed by atoms with E-state index in [0.717, 1.165) is 38.0 Å². The Kier molecular flexibility index (Phi) is 7.88. The zero-order chi connectivity index (χ0) is 19.9. The molecule has 1 aromatic carbocycles. The Labute approximate surface area is 182 Å². The first-order valence-electron chi connectivity index (χ1n) is 10.0. The first-order chi connectivity index (χ1) is 14.3. The van der Waals surface area contributed by atoms with Crippen LogP contribution in [0.15, 0.2) is 71.3 Å². The Balaban J connectivity index is 0.00000256. The predicted octanol–water partition coefficient (Wildman–Crippen LogP) is 4.67. The highest BCUT2D eigenvalue weighted by atomic mass is 35.5. The molecule has 158 valence electrons. The molecule has 6 nitrogen and oxygen atoms in total. The van der Waals surface area contributed by atoms with Crippen molar-refractivity contribution in [2.45, 2.75) is 31.8 Å². The molecule has 0 spiro atoms. The highest BCUT2D eigenvalue weighted by Crippen LogP contribution is 2.26. The van der Waals surface area contributed by atoms with Gasteiger partial charge in [0.05, 0.1) is 12.2 Å². The van der Waals surface area contributed by atoms with Crippen molar-refractivity contribution in [1.82, 2.24) is 15.2 Å². The summed E-state index contributed by atoms with van der Waals surface area (Å²) in [4.78, 5) is 19.7. The third-order valence-corrected chi connectivity index (χ3v) is 5.06. The zero-order valence-electron chi connectivity index (χ0n) is 16.7. The van der Waals surface area contributed by atoms with Crippen LogP contribution in [0.3, 0.4) is 0 Å². The Morgan fingerprint density at radius 1 is 1.07 bits per heavy atom. The van der Waals surface area contributed by atoms with Crippen molar-refractivity contribution >= 4 is 18.3 Å². The molecular formula is C23H26ClN3O3. The summed E-state index contributed by atoms with van der Waals surface area (Å²) in [6, 6.07) is 18.7. The van der Waals surface area contributed by atoms with E-state index in [2.05, 4.69) is 10.3 Å². The number of hydrogen-bond donors (Lipinski definition) is 1. The molecule has 0 saturated carbocycles. The van der Waals surface area contributed by atoms with Crippen molar-refractivity contribution in [1.29, 1.82) is 0 Å². The van der Waals surface area contributed by atoms with E-state index in [1.807, 2.05) is 53.4 Å². The van der Waals surface area contributed by atoms with Crippen molar-refractivity contribution in [3.05, 3.63) is 78.3 Å².